The second kappa shape index (κ2) is 12.2. The molecule has 1 amide bonds. The van der Waals surface area contributed by atoms with Crippen LogP contribution >= 0.6 is 0 Å². The molecule has 212 valence electrons. The van der Waals surface area contributed by atoms with E-state index < -0.39 is 28.8 Å². The van der Waals surface area contributed by atoms with Crippen molar-refractivity contribution in [2.45, 2.75) is 0 Å². The highest BCUT2D eigenvalue weighted by Gasteiger charge is 2.21. The van der Waals surface area contributed by atoms with Crippen molar-refractivity contribution in [3.05, 3.63) is 83.6 Å². The number of hydrogen-bond acceptors (Lipinski definition) is 9. The standard InChI is InChI=1S/C28H28F2N8O3/c1-3-24(39)33-18-5-4-6-19(13-18)38-17-32-27(40)21-16-31-28(35-26(21)38)34-25-22(29)14-20(15-23(25)30)37-9-7-36(8-10-37)11-12-41-2/h3-6,13-17H,1,7-12H2,2H3,(H,33,39)(H,31,34,35). The number of benzene rings is 2. The topological polar surface area (TPSA) is 118 Å². The molecule has 2 aromatic heterocycles. The molecule has 0 atom stereocenters. The van der Waals surface area contributed by atoms with E-state index in [0.29, 0.717) is 36.8 Å². The number of nitrogens with one attached hydrogen (secondary N) is 2. The molecule has 2 N–H and O–H groups in total. The fourth-order valence-electron chi connectivity index (χ4n) is 4.54. The molecule has 1 fully saturated rings. The predicted octanol–water partition coefficient (Wildman–Crippen LogP) is 3.09. The highest BCUT2D eigenvalue weighted by Crippen LogP contribution is 2.29. The maximum atomic E-state index is 15.2. The summed E-state index contributed by atoms with van der Waals surface area (Å²) in [5.74, 6) is -2.12. The minimum absolute atomic E-state index is 0.0968. The summed E-state index contributed by atoms with van der Waals surface area (Å²) >= 11 is 0. The molecule has 0 saturated carbocycles. The summed E-state index contributed by atoms with van der Waals surface area (Å²) in [7, 11) is 1.66. The summed E-state index contributed by atoms with van der Waals surface area (Å²) in [6, 6.07) is 9.31. The van der Waals surface area contributed by atoms with Crippen LogP contribution < -0.4 is 21.1 Å². The minimum Gasteiger partial charge on any atom is -0.383 e. The molecule has 5 rings (SSSR count). The molecule has 4 aromatic rings. The zero-order valence-corrected chi connectivity index (χ0v) is 22.3. The predicted molar refractivity (Wildman–Crippen MR) is 152 cm³/mol. The average Bonchev–Trinajstić information content (AvgIpc) is 2.98. The van der Waals surface area contributed by atoms with Crippen LogP contribution in [0, 0.1) is 11.6 Å². The van der Waals surface area contributed by atoms with E-state index in [2.05, 4.69) is 37.1 Å². The van der Waals surface area contributed by atoms with Gasteiger partial charge in [-0.05, 0) is 36.4 Å². The first-order valence-electron chi connectivity index (χ1n) is 12.9. The highest BCUT2D eigenvalue weighted by atomic mass is 19.1. The number of hydrogen-bond donors (Lipinski definition) is 2. The van der Waals surface area contributed by atoms with Crippen LogP contribution in [0.5, 0.6) is 0 Å². The van der Waals surface area contributed by atoms with Gasteiger partial charge in [0.1, 0.15) is 17.4 Å². The number of halogens is 2. The highest BCUT2D eigenvalue weighted by molar-refractivity contribution is 5.99. The van der Waals surface area contributed by atoms with Gasteiger partial charge < -0.3 is 20.3 Å². The van der Waals surface area contributed by atoms with Crippen LogP contribution in [0.15, 0.2) is 66.4 Å². The summed E-state index contributed by atoms with van der Waals surface area (Å²) in [6.07, 6.45) is 3.66. The van der Waals surface area contributed by atoms with Gasteiger partial charge in [-0.3, -0.25) is 19.1 Å². The van der Waals surface area contributed by atoms with Crippen LogP contribution in [-0.4, -0.2) is 76.8 Å². The zero-order valence-electron chi connectivity index (χ0n) is 22.3. The number of ether oxygens (including phenoxy) is 1. The molecular weight excluding hydrogens is 534 g/mol. The molecule has 1 saturated heterocycles. The van der Waals surface area contributed by atoms with Gasteiger partial charge in [-0.15, -0.1) is 0 Å². The van der Waals surface area contributed by atoms with Crippen LogP contribution in [-0.2, 0) is 9.53 Å². The fourth-order valence-corrected chi connectivity index (χ4v) is 4.54. The number of carbonyl (C=O) groups is 1. The third-order valence-electron chi connectivity index (χ3n) is 6.71. The molecule has 0 aliphatic carbocycles. The number of amides is 1. The van der Waals surface area contributed by atoms with Gasteiger partial charge in [0.2, 0.25) is 11.9 Å². The smallest absolute Gasteiger partial charge is 0.283 e. The number of fused-ring (bicyclic) bond motifs is 1. The maximum Gasteiger partial charge on any atom is 0.283 e. The first kappa shape index (κ1) is 27.8. The number of nitrogens with zero attached hydrogens (tertiary/aromatic N) is 6. The third kappa shape index (κ3) is 6.21. The normalized spacial score (nSPS) is 13.8. The van der Waals surface area contributed by atoms with Crippen molar-refractivity contribution in [1.82, 2.24) is 24.4 Å². The van der Waals surface area contributed by atoms with Crippen LogP contribution in [0.2, 0.25) is 0 Å². The van der Waals surface area contributed by atoms with Gasteiger partial charge >= 0.3 is 0 Å². The van der Waals surface area contributed by atoms with Gasteiger partial charge in [0.05, 0.1) is 12.3 Å². The van der Waals surface area contributed by atoms with E-state index in [1.807, 2.05) is 4.90 Å². The number of piperazine rings is 1. The van der Waals surface area contributed by atoms with Crippen molar-refractivity contribution in [3.63, 3.8) is 0 Å². The molecule has 13 heteroatoms. The van der Waals surface area contributed by atoms with Crippen LogP contribution in [0.3, 0.4) is 0 Å². The largest absolute Gasteiger partial charge is 0.383 e. The van der Waals surface area contributed by atoms with Gasteiger partial charge in [0.15, 0.2) is 17.3 Å². The second-order valence-electron chi connectivity index (χ2n) is 9.33. The van der Waals surface area contributed by atoms with E-state index >= 15 is 8.78 Å². The third-order valence-corrected chi connectivity index (χ3v) is 6.71. The summed E-state index contributed by atoms with van der Waals surface area (Å²) < 4.78 is 37.0. The molecule has 0 radical (unpaired) electrons. The van der Waals surface area contributed by atoms with E-state index in [0.717, 1.165) is 25.7 Å². The summed E-state index contributed by atoms with van der Waals surface area (Å²) in [5.41, 5.74) is 0.621. The average molecular weight is 563 g/mol. The fraction of sp³-hybridized carbons (Fsp3) is 0.250. The van der Waals surface area contributed by atoms with E-state index in [9.17, 15) is 9.59 Å². The van der Waals surface area contributed by atoms with Crippen molar-refractivity contribution >= 4 is 40.0 Å². The van der Waals surface area contributed by atoms with Crippen LogP contribution in [0.25, 0.3) is 16.7 Å². The monoisotopic (exact) mass is 562 g/mol. The molecule has 0 bridgehead atoms. The molecule has 1 aliphatic heterocycles. The zero-order chi connectivity index (χ0) is 28.9. The quantitative estimate of drug-likeness (QED) is 0.297. The van der Waals surface area contributed by atoms with E-state index in [1.54, 1.807) is 31.4 Å². The Morgan fingerprint density at radius 3 is 2.56 bits per heavy atom. The maximum absolute atomic E-state index is 15.2. The van der Waals surface area contributed by atoms with Gasteiger partial charge in [-0.2, -0.15) is 9.97 Å². The lowest BCUT2D eigenvalue weighted by Gasteiger charge is -2.36. The first-order valence-corrected chi connectivity index (χ1v) is 12.9. The summed E-state index contributed by atoms with van der Waals surface area (Å²) in [5, 5.41) is 5.38. The second-order valence-corrected chi connectivity index (χ2v) is 9.33. The van der Waals surface area contributed by atoms with Gasteiger partial charge in [0, 0.05) is 57.4 Å². The Bertz CT molecular complexity index is 1630. The first-order chi connectivity index (χ1) is 19.9. The number of aromatic nitrogens is 4. The van der Waals surface area contributed by atoms with Crippen molar-refractivity contribution < 1.29 is 18.3 Å². The Balaban J connectivity index is 1.41. The Hall–Kier alpha value is -4.75. The lowest BCUT2D eigenvalue weighted by atomic mass is 10.2. The van der Waals surface area contributed by atoms with Crippen molar-refractivity contribution in [3.8, 4) is 5.69 Å². The van der Waals surface area contributed by atoms with Crippen LogP contribution in [0.1, 0.15) is 0 Å². The van der Waals surface area contributed by atoms with E-state index in [-0.39, 0.29) is 17.0 Å². The van der Waals surface area contributed by atoms with Gasteiger partial charge in [-0.1, -0.05) is 12.6 Å². The molecule has 3 heterocycles. The minimum atomic E-state index is -0.803. The van der Waals surface area contributed by atoms with Gasteiger partial charge in [0.25, 0.3) is 5.56 Å². The number of anilines is 4. The Kier molecular flexibility index (Phi) is 8.26. The van der Waals surface area contributed by atoms with Gasteiger partial charge in [-0.25, -0.2) is 13.8 Å². The molecule has 11 nitrogen and oxygen atoms in total. The number of methoxy groups -OCH3 is 1. The summed E-state index contributed by atoms with van der Waals surface area (Å²) in [6.45, 7) is 7.67. The summed E-state index contributed by atoms with van der Waals surface area (Å²) in [4.78, 5) is 40.7. The molecule has 0 unspecified atom stereocenters. The molecule has 41 heavy (non-hydrogen) atoms. The SMILES string of the molecule is C=CC(=O)Nc1cccc(-n2cnc(=O)c3cnc(Nc4c(F)cc(N5CCN(CCOC)CC5)cc4F)nc32)c1. The molecular formula is C28H28F2N8O3. The molecule has 1 aliphatic rings. The lowest BCUT2D eigenvalue weighted by molar-refractivity contribution is -0.111. The Morgan fingerprint density at radius 2 is 1.85 bits per heavy atom. The van der Waals surface area contributed by atoms with Crippen molar-refractivity contribution in [2.24, 2.45) is 0 Å². The number of carbonyl (C=O) groups excluding carboxylic acids is 1. The van der Waals surface area contributed by atoms with Crippen molar-refractivity contribution in [1.29, 1.82) is 0 Å². The van der Waals surface area contributed by atoms with E-state index in [4.69, 9.17) is 4.74 Å². The van der Waals surface area contributed by atoms with E-state index in [1.165, 1.54) is 29.2 Å². The number of rotatable bonds is 9. The lowest BCUT2D eigenvalue weighted by Crippen LogP contribution is -2.47. The Labute approximate surface area is 234 Å². The van der Waals surface area contributed by atoms with Crippen molar-refractivity contribution in [2.75, 3.05) is 62.0 Å². The molecule has 2 aromatic carbocycles. The van der Waals surface area contributed by atoms with Crippen LogP contribution in [0.4, 0.5) is 31.8 Å². The molecule has 0 spiro atoms. The Morgan fingerprint density at radius 1 is 1.10 bits per heavy atom.